The molecule has 0 spiro atoms. The summed E-state index contributed by atoms with van der Waals surface area (Å²) in [6, 6.07) is 0. The molecule has 5 heteroatoms. The average molecular weight is 447 g/mol. The van der Waals surface area contributed by atoms with E-state index in [2.05, 4.69) is 13.8 Å². The molecular formula is C27H42O5. The number of carbonyl (C=O) groups excluding carboxylic acids is 1. The summed E-state index contributed by atoms with van der Waals surface area (Å²) < 4.78 is 0. The van der Waals surface area contributed by atoms with Crippen LogP contribution >= 0.6 is 0 Å². The van der Waals surface area contributed by atoms with Gasteiger partial charge in [0.2, 0.25) is 0 Å². The molecule has 4 N–H and O–H groups in total. The van der Waals surface area contributed by atoms with E-state index in [-0.39, 0.29) is 17.1 Å². The second-order valence-electron chi connectivity index (χ2n) is 12.4. The van der Waals surface area contributed by atoms with E-state index in [0.717, 1.165) is 44.1 Å². The fraction of sp³-hybridized carbons (Fsp3) is 0.815. The molecule has 0 heterocycles. The SMILES string of the molecule is C[C@H](CCCC(C)(C)O)[C@H]1CC[C@]2(O)C3=CC(=O)C4=C[C@H](O)[C@H](O)C[C@]4(C)[C@H]3CC[C@]12C. The van der Waals surface area contributed by atoms with Crippen molar-refractivity contribution in [1.82, 2.24) is 0 Å². The molecule has 2 saturated carbocycles. The largest absolute Gasteiger partial charge is 0.390 e. The summed E-state index contributed by atoms with van der Waals surface area (Å²) in [5.74, 6) is 0.695. The quantitative estimate of drug-likeness (QED) is 0.516. The third kappa shape index (κ3) is 3.55. The molecule has 0 amide bonds. The highest BCUT2D eigenvalue weighted by molar-refractivity contribution is 6.07. The third-order valence-electron chi connectivity index (χ3n) is 9.82. The van der Waals surface area contributed by atoms with Crippen molar-refractivity contribution in [1.29, 1.82) is 0 Å². The summed E-state index contributed by atoms with van der Waals surface area (Å²) >= 11 is 0. The zero-order valence-corrected chi connectivity index (χ0v) is 20.4. The van der Waals surface area contributed by atoms with Crippen molar-refractivity contribution in [3.05, 3.63) is 23.3 Å². The van der Waals surface area contributed by atoms with Crippen molar-refractivity contribution in [3.63, 3.8) is 0 Å². The molecule has 4 aliphatic rings. The fourth-order valence-corrected chi connectivity index (χ4v) is 7.93. The molecule has 0 aliphatic heterocycles. The number of carbonyl (C=O) groups is 1. The van der Waals surface area contributed by atoms with E-state index in [1.807, 2.05) is 20.8 Å². The normalized spacial score (nSPS) is 44.8. The van der Waals surface area contributed by atoms with Crippen LogP contribution in [0.3, 0.4) is 0 Å². The predicted octanol–water partition coefficient (Wildman–Crippen LogP) is 3.69. The Hall–Kier alpha value is -1.01. The number of aliphatic hydroxyl groups excluding tert-OH is 2. The van der Waals surface area contributed by atoms with E-state index < -0.39 is 28.8 Å². The summed E-state index contributed by atoms with van der Waals surface area (Å²) in [5, 5.41) is 42.8. The van der Waals surface area contributed by atoms with Crippen LogP contribution < -0.4 is 0 Å². The highest BCUT2D eigenvalue weighted by atomic mass is 16.3. The van der Waals surface area contributed by atoms with E-state index in [9.17, 15) is 25.2 Å². The lowest BCUT2D eigenvalue weighted by atomic mass is 9.48. The molecule has 4 rings (SSSR count). The molecule has 180 valence electrons. The smallest absolute Gasteiger partial charge is 0.182 e. The van der Waals surface area contributed by atoms with Gasteiger partial charge in [0.05, 0.1) is 23.4 Å². The monoisotopic (exact) mass is 446 g/mol. The number of aliphatic hydroxyl groups is 4. The van der Waals surface area contributed by atoms with E-state index in [1.165, 1.54) is 0 Å². The minimum Gasteiger partial charge on any atom is -0.390 e. The maximum Gasteiger partial charge on any atom is 0.182 e. The fourth-order valence-electron chi connectivity index (χ4n) is 7.93. The lowest BCUT2D eigenvalue weighted by molar-refractivity contribution is -0.121. The summed E-state index contributed by atoms with van der Waals surface area (Å²) in [7, 11) is 0. The van der Waals surface area contributed by atoms with Crippen LogP contribution in [0, 0.1) is 28.6 Å². The van der Waals surface area contributed by atoms with Gasteiger partial charge in [-0.3, -0.25) is 4.79 Å². The van der Waals surface area contributed by atoms with Crippen molar-refractivity contribution in [2.75, 3.05) is 0 Å². The summed E-state index contributed by atoms with van der Waals surface area (Å²) in [4.78, 5) is 13.2. The Bertz CT molecular complexity index is 837. The van der Waals surface area contributed by atoms with Gasteiger partial charge in [-0.2, -0.15) is 0 Å². The van der Waals surface area contributed by atoms with E-state index in [1.54, 1.807) is 12.2 Å². The number of ketones is 1. The Balaban J connectivity index is 1.63. The molecule has 8 atom stereocenters. The minimum atomic E-state index is -1.01. The highest BCUT2D eigenvalue weighted by Gasteiger charge is 2.65. The first-order valence-electron chi connectivity index (χ1n) is 12.5. The molecule has 32 heavy (non-hydrogen) atoms. The average Bonchev–Trinajstić information content (AvgIpc) is 2.95. The molecule has 4 aliphatic carbocycles. The Morgan fingerprint density at radius 3 is 2.53 bits per heavy atom. The molecule has 0 saturated heterocycles. The number of allylic oxidation sites excluding steroid dienone is 2. The van der Waals surface area contributed by atoms with Gasteiger partial charge < -0.3 is 20.4 Å². The second kappa shape index (κ2) is 7.76. The van der Waals surface area contributed by atoms with Crippen molar-refractivity contribution in [2.24, 2.45) is 28.6 Å². The van der Waals surface area contributed by atoms with Gasteiger partial charge in [-0.1, -0.05) is 33.6 Å². The van der Waals surface area contributed by atoms with Gasteiger partial charge in [0.1, 0.15) is 0 Å². The van der Waals surface area contributed by atoms with Crippen LogP contribution in [-0.4, -0.2) is 49.6 Å². The topological polar surface area (TPSA) is 98.0 Å². The number of fused-ring (bicyclic) bond motifs is 5. The van der Waals surface area contributed by atoms with E-state index in [4.69, 9.17) is 0 Å². The molecule has 0 aromatic heterocycles. The van der Waals surface area contributed by atoms with Crippen molar-refractivity contribution < 1.29 is 25.2 Å². The molecule has 0 unspecified atom stereocenters. The Morgan fingerprint density at radius 2 is 1.88 bits per heavy atom. The summed E-state index contributed by atoms with van der Waals surface area (Å²) in [5.41, 5.74) is -1.02. The molecule has 0 radical (unpaired) electrons. The Labute approximate surface area is 192 Å². The lowest BCUT2D eigenvalue weighted by Gasteiger charge is -2.58. The van der Waals surface area contributed by atoms with E-state index >= 15 is 0 Å². The molecule has 0 aromatic rings. The van der Waals surface area contributed by atoms with Gasteiger partial charge in [0.25, 0.3) is 0 Å². The number of hydrogen-bond donors (Lipinski definition) is 4. The van der Waals surface area contributed by atoms with Crippen molar-refractivity contribution >= 4 is 5.78 Å². The van der Waals surface area contributed by atoms with Gasteiger partial charge >= 0.3 is 0 Å². The minimum absolute atomic E-state index is 0.0101. The van der Waals surface area contributed by atoms with Crippen molar-refractivity contribution in [3.8, 4) is 0 Å². The molecule has 0 bridgehead atoms. The van der Waals surface area contributed by atoms with Gasteiger partial charge in [-0.05, 0) is 87.9 Å². The van der Waals surface area contributed by atoms with Crippen LogP contribution in [0.4, 0.5) is 0 Å². The summed E-state index contributed by atoms with van der Waals surface area (Å²) in [6.07, 6.45) is 7.80. The zero-order chi connectivity index (χ0) is 23.7. The highest BCUT2D eigenvalue weighted by Crippen LogP contribution is 2.67. The first kappa shape index (κ1) is 24.1. The predicted molar refractivity (Wildman–Crippen MR) is 124 cm³/mol. The van der Waals surface area contributed by atoms with Gasteiger partial charge in [-0.25, -0.2) is 0 Å². The maximum absolute atomic E-state index is 13.2. The van der Waals surface area contributed by atoms with Crippen LogP contribution in [0.1, 0.15) is 86.0 Å². The molecular weight excluding hydrogens is 404 g/mol. The zero-order valence-electron chi connectivity index (χ0n) is 20.4. The molecule has 2 fully saturated rings. The first-order chi connectivity index (χ1) is 14.7. The van der Waals surface area contributed by atoms with Gasteiger partial charge in [0, 0.05) is 16.4 Å². The second-order valence-corrected chi connectivity index (χ2v) is 12.4. The number of hydrogen-bond acceptors (Lipinski definition) is 5. The van der Waals surface area contributed by atoms with Crippen molar-refractivity contribution in [2.45, 2.75) is 109 Å². The van der Waals surface area contributed by atoms with Crippen LogP contribution in [0.5, 0.6) is 0 Å². The molecule has 0 aromatic carbocycles. The third-order valence-corrected chi connectivity index (χ3v) is 9.82. The standard InChI is InChI=1S/C27H42O5/c1-16(7-6-10-24(2,3)31)17-9-12-27(32)19-13-21(28)20-14-22(29)23(30)15-25(20,4)18(19)8-11-26(17,27)5/h13-14,16-18,22-23,29-32H,6-12,15H2,1-5H3/t16-,17-,18+,22+,23-,25-,26-,27+/m1/s1. The Kier molecular flexibility index (Phi) is 5.85. The maximum atomic E-state index is 13.2. The lowest BCUT2D eigenvalue weighted by Crippen LogP contribution is -2.58. The Morgan fingerprint density at radius 1 is 1.19 bits per heavy atom. The first-order valence-corrected chi connectivity index (χ1v) is 12.5. The van der Waals surface area contributed by atoms with Crippen LogP contribution in [0.2, 0.25) is 0 Å². The number of rotatable bonds is 5. The van der Waals surface area contributed by atoms with Crippen LogP contribution in [-0.2, 0) is 4.79 Å². The van der Waals surface area contributed by atoms with E-state index in [0.29, 0.717) is 30.3 Å². The summed E-state index contributed by atoms with van der Waals surface area (Å²) in [6.45, 7) is 10.2. The van der Waals surface area contributed by atoms with Crippen LogP contribution in [0.15, 0.2) is 23.3 Å². The van der Waals surface area contributed by atoms with Crippen LogP contribution in [0.25, 0.3) is 0 Å². The van der Waals surface area contributed by atoms with Gasteiger partial charge in [-0.15, -0.1) is 0 Å². The molecule has 5 nitrogen and oxygen atoms in total. The van der Waals surface area contributed by atoms with Gasteiger partial charge in [0.15, 0.2) is 5.78 Å².